The van der Waals surface area contributed by atoms with Gasteiger partial charge in [0.25, 0.3) is 0 Å². The molecule has 106 valence electrons. The van der Waals surface area contributed by atoms with Gasteiger partial charge in [0.2, 0.25) is 11.8 Å². The van der Waals surface area contributed by atoms with E-state index in [1.165, 1.54) is 0 Å². The number of hydrogen-bond donors (Lipinski definition) is 2. The standard InChI is InChI=1S/C15H18N2O3/c1-20-13-7-6-11(16-14(18)9-2-3-9)8-12(13)17-15(19)10-4-5-10/h6-10H,2-5H2,1H3,(H,16,18)(H,17,19). The average molecular weight is 274 g/mol. The summed E-state index contributed by atoms with van der Waals surface area (Å²) in [5, 5.41) is 5.73. The van der Waals surface area contributed by atoms with Crippen LogP contribution in [0.4, 0.5) is 11.4 Å². The third-order valence-electron chi connectivity index (χ3n) is 3.62. The van der Waals surface area contributed by atoms with Crippen LogP contribution in [0.2, 0.25) is 0 Å². The second kappa shape index (κ2) is 5.15. The van der Waals surface area contributed by atoms with E-state index in [9.17, 15) is 9.59 Å². The van der Waals surface area contributed by atoms with Crippen LogP contribution < -0.4 is 15.4 Å². The van der Waals surface area contributed by atoms with Crippen LogP contribution in [0.1, 0.15) is 25.7 Å². The van der Waals surface area contributed by atoms with E-state index in [2.05, 4.69) is 10.6 Å². The van der Waals surface area contributed by atoms with Crippen LogP contribution in [-0.4, -0.2) is 18.9 Å². The molecule has 0 radical (unpaired) electrons. The molecule has 5 nitrogen and oxygen atoms in total. The maximum Gasteiger partial charge on any atom is 0.227 e. The molecular weight excluding hydrogens is 256 g/mol. The van der Waals surface area contributed by atoms with E-state index in [0.29, 0.717) is 17.1 Å². The predicted molar refractivity (Wildman–Crippen MR) is 75.7 cm³/mol. The minimum atomic E-state index is 0.0222. The van der Waals surface area contributed by atoms with E-state index in [1.807, 2.05) is 0 Å². The molecule has 1 aromatic carbocycles. The van der Waals surface area contributed by atoms with Gasteiger partial charge in [-0.05, 0) is 43.9 Å². The second-order valence-corrected chi connectivity index (χ2v) is 5.44. The molecule has 0 spiro atoms. The Morgan fingerprint density at radius 3 is 2.20 bits per heavy atom. The number of rotatable bonds is 5. The minimum absolute atomic E-state index is 0.0222. The number of anilines is 2. The number of ether oxygens (including phenoxy) is 1. The molecule has 5 heteroatoms. The summed E-state index contributed by atoms with van der Waals surface area (Å²) in [6, 6.07) is 5.29. The minimum Gasteiger partial charge on any atom is -0.495 e. The molecular formula is C15H18N2O3. The van der Waals surface area contributed by atoms with Crippen molar-refractivity contribution < 1.29 is 14.3 Å². The predicted octanol–water partition coefficient (Wildman–Crippen LogP) is 2.39. The molecule has 3 rings (SSSR count). The highest BCUT2D eigenvalue weighted by atomic mass is 16.5. The summed E-state index contributed by atoms with van der Waals surface area (Å²) in [4.78, 5) is 23.6. The van der Waals surface area contributed by atoms with Crippen LogP contribution in [0.25, 0.3) is 0 Å². The zero-order chi connectivity index (χ0) is 14.1. The van der Waals surface area contributed by atoms with Gasteiger partial charge in [-0.2, -0.15) is 0 Å². The van der Waals surface area contributed by atoms with Gasteiger partial charge in [0, 0.05) is 17.5 Å². The number of hydrogen-bond acceptors (Lipinski definition) is 3. The van der Waals surface area contributed by atoms with Gasteiger partial charge in [0.1, 0.15) is 5.75 Å². The number of amides is 2. The monoisotopic (exact) mass is 274 g/mol. The van der Waals surface area contributed by atoms with Gasteiger partial charge in [-0.25, -0.2) is 0 Å². The summed E-state index contributed by atoms with van der Waals surface area (Å²) in [5.41, 5.74) is 1.30. The molecule has 0 atom stereocenters. The van der Waals surface area contributed by atoms with Crippen molar-refractivity contribution in [1.82, 2.24) is 0 Å². The highest BCUT2D eigenvalue weighted by Crippen LogP contribution is 2.34. The Hall–Kier alpha value is -2.04. The van der Waals surface area contributed by atoms with Crippen molar-refractivity contribution in [1.29, 1.82) is 0 Å². The van der Waals surface area contributed by atoms with Crippen LogP contribution in [-0.2, 0) is 9.59 Å². The molecule has 2 N–H and O–H groups in total. The molecule has 2 amide bonds. The maximum absolute atomic E-state index is 11.8. The lowest BCUT2D eigenvalue weighted by molar-refractivity contribution is -0.118. The average Bonchev–Trinajstić information content (AvgIpc) is 3.31. The van der Waals surface area contributed by atoms with Gasteiger partial charge in [-0.1, -0.05) is 0 Å². The van der Waals surface area contributed by atoms with Crippen LogP contribution >= 0.6 is 0 Å². The van der Waals surface area contributed by atoms with Crippen LogP contribution in [0.5, 0.6) is 5.75 Å². The Balaban J connectivity index is 1.74. The lowest BCUT2D eigenvalue weighted by Gasteiger charge is -2.12. The first-order valence-corrected chi connectivity index (χ1v) is 6.97. The van der Waals surface area contributed by atoms with Crippen molar-refractivity contribution in [2.24, 2.45) is 11.8 Å². The molecule has 0 aliphatic heterocycles. The number of nitrogens with one attached hydrogen (secondary N) is 2. The van der Waals surface area contributed by atoms with E-state index in [0.717, 1.165) is 25.7 Å². The Bertz CT molecular complexity index is 548. The largest absolute Gasteiger partial charge is 0.495 e. The van der Waals surface area contributed by atoms with E-state index < -0.39 is 0 Å². The Kier molecular flexibility index (Phi) is 3.34. The van der Waals surface area contributed by atoms with Gasteiger partial charge in [0.15, 0.2) is 0 Å². The molecule has 2 aliphatic carbocycles. The lowest BCUT2D eigenvalue weighted by Crippen LogP contribution is -2.16. The Labute approximate surface area is 117 Å². The van der Waals surface area contributed by atoms with Gasteiger partial charge in [-0.15, -0.1) is 0 Å². The first-order valence-electron chi connectivity index (χ1n) is 6.97. The fraction of sp³-hybridized carbons (Fsp3) is 0.467. The number of benzene rings is 1. The highest BCUT2D eigenvalue weighted by molar-refractivity contribution is 5.98. The smallest absolute Gasteiger partial charge is 0.227 e. The van der Waals surface area contributed by atoms with Crippen LogP contribution in [0.15, 0.2) is 18.2 Å². The van der Waals surface area contributed by atoms with E-state index in [1.54, 1.807) is 25.3 Å². The molecule has 0 saturated heterocycles. The zero-order valence-corrected chi connectivity index (χ0v) is 11.4. The summed E-state index contributed by atoms with van der Waals surface area (Å²) in [6.45, 7) is 0. The highest BCUT2D eigenvalue weighted by Gasteiger charge is 2.31. The fourth-order valence-electron chi connectivity index (χ4n) is 2.05. The zero-order valence-electron chi connectivity index (χ0n) is 11.4. The molecule has 0 heterocycles. The molecule has 2 fully saturated rings. The summed E-state index contributed by atoms with van der Waals surface area (Å²) in [7, 11) is 1.56. The van der Waals surface area contributed by atoms with Gasteiger partial charge >= 0.3 is 0 Å². The quantitative estimate of drug-likeness (QED) is 0.866. The number of carbonyl (C=O) groups excluding carboxylic acids is 2. The van der Waals surface area contributed by atoms with E-state index >= 15 is 0 Å². The Morgan fingerprint density at radius 1 is 1.05 bits per heavy atom. The SMILES string of the molecule is COc1ccc(NC(=O)C2CC2)cc1NC(=O)C1CC1. The fourth-order valence-corrected chi connectivity index (χ4v) is 2.05. The van der Waals surface area contributed by atoms with Crippen molar-refractivity contribution in [3.05, 3.63) is 18.2 Å². The molecule has 2 saturated carbocycles. The normalized spacial score (nSPS) is 17.4. The summed E-state index contributed by atoms with van der Waals surface area (Å²) in [5.74, 6) is 0.957. The summed E-state index contributed by atoms with van der Waals surface area (Å²) < 4.78 is 5.24. The molecule has 20 heavy (non-hydrogen) atoms. The topological polar surface area (TPSA) is 67.4 Å². The lowest BCUT2D eigenvalue weighted by atomic mass is 10.2. The first kappa shape index (κ1) is 13.0. The van der Waals surface area contributed by atoms with Crippen molar-refractivity contribution >= 4 is 23.2 Å². The summed E-state index contributed by atoms with van der Waals surface area (Å²) >= 11 is 0. The van der Waals surface area contributed by atoms with Gasteiger partial charge in [0.05, 0.1) is 12.8 Å². The van der Waals surface area contributed by atoms with E-state index in [-0.39, 0.29) is 23.7 Å². The van der Waals surface area contributed by atoms with Crippen LogP contribution in [0.3, 0.4) is 0 Å². The van der Waals surface area contributed by atoms with Crippen LogP contribution in [0, 0.1) is 11.8 Å². The third-order valence-corrected chi connectivity index (χ3v) is 3.62. The molecule has 0 unspecified atom stereocenters. The van der Waals surface area contributed by atoms with Crippen molar-refractivity contribution in [2.75, 3.05) is 17.7 Å². The van der Waals surface area contributed by atoms with Crippen molar-refractivity contribution in [2.45, 2.75) is 25.7 Å². The van der Waals surface area contributed by atoms with Gasteiger partial charge in [-0.3, -0.25) is 9.59 Å². The van der Waals surface area contributed by atoms with Crippen molar-refractivity contribution in [3.63, 3.8) is 0 Å². The molecule has 2 aliphatic rings. The van der Waals surface area contributed by atoms with Gasteiger partial charge < -0.3 is 15.4 Å². The maximum atomic E-state index is 11.8. The Morgan fingerprint density at radius 2 is 1.65 bits per heavy atom. The molecule has 0 aromatic heterocycles. The molecule has 0 bridgehead atoms. The van der Waals surface area contributed by atoms with E-state index in [4.69, 9.17) is 4.74 Å². The molecule has 1 aromatic rings. The van der Waals surface area contributed by atoms with Crippen molar-refractivity contribution in [3.8, 4) is 5.75 Å². The number of carbonyl (C=O) groups is 2. The second-order valence-electron chi connectivity index (χ2n) is 5.44. The first-order chi connectivity index (χ1) is 9.67. The number of methoxy groups -OCH3 is 1. The summed E-state index contributed by atoms with van der Waals surface area (Å²) in [6.07, 6.45) is 3.83. The third kappa shape index (κ3) is 2.92.